The Morgan fingerprint density at radius 2 is 1.58 bits per heavy atom. The van der Waals surface area contributed by atoms with Crippen LogP contribution in [0.1, 0.15) is 16.7 Å². The Hall–Kier alpha value is -1.61. The second-order valence-electron chi connectivity index (χ2n) is 4.54. The van der Waals surface area contributed by atoms with E-state index in [1.54, 1.807) is 0 Å². The Labute approximate surface area is 122 Å². The molecule has 0 aliphatic rings. The van der Waals surface area contributed by atoms with Crippen LogP contribution in [0, 0.1) is 6.92 Å². The lowest BCUT2D eigenvalue weighted by molar-refractivity contribution is -0.115. The second-order valence-corrected chi connectivity index (χ2v) is 5.10. The van der Waals surface area contributed by atoms with Crippen LogP contribution in [0.4, 0.5) is 5.69 Å². The summed E-state index contributed by atoms with van der Waals surface area (Å²) in [5.74, 6) is 0.00967. The van der Waals surface area contributed by atoms with Crippen LogP contribution in [0.5, 0.6) is 0 Å². The predicted octanol–water partition coefficient (Wildman–Crippen LogP) is 4.07. The van der Waals surface area contributed by atoms with Crippen molar-refractivity contribution >= 4 is 27.5 Å². The summed E-state index contributed by atoms with van der Waals surface area (Å²) in [4.78, 5) is 11.9. The molecule has 0 radical (unpaired) electrons. The molecule has 0 atom stereocenters. The van der Waals surface area contributed by atoms with Gasteiger partial charge in [0.1, 0.15) is 0 Å². The largest absolute Gasteiger partial charge is 0.326 e. The molecule has 2 aromatic rings. The third kappa shape index (κ3) is 4.21. The van der Waals surface area contributed by atoms with Gasteiger partial charge in [-0.15, -0.1) is 0 Å². The van der Waals surface area contributed by atoms with Gasteiger partial charge in [-0.25, -0.2) is 0 Å². The van der Waals surface area contributed by atoms with E-state index in [-0.39, 0.29) is 5.91 Å². The number of rotatable bonds is 4. The van der Waals surface area contributed by atoms with Gasteiger partial charge in [0.15, 0.2) is 0 Å². The molecule has 19 heavy (non-hydrogen) atoms. The highest BCUT2D eigenvalue weighted by molar-refractivity contribution is 9.08. The van der Waals surface area contributed by atoms with Crippen LogP contribution >= 0.6 is 15.9 Å². The van der Waals surface area contributed by atoms with Gasteiger partial charge in [0.25, 0.3) is 0 Å². The van der Waals surface area contributed by atoms with Crippen LogP contribution in [-0.4, -0.2) is 5.91 Å². The Balaban J connectivity index is 1.95. The monoisotopic (exact) mass is 317 g/mol. The molecule has 2 nitrogen and oxygen atoms in total. The molecule has 0 aromatic heterocycles. The van der Waals surface area contributed by atoms with Crippen LogP contribution in [0.15, 0.2) is 48.5 Å². The molecule has 98 valence electrons. The van der Waals surface area contributed by atoms with E-state index in [2.05, 4.69) is 21.2 Å². The number of hydrogen-bond donors (Lipinski definition) is 1. The first-order chi connectivity index (χ1) is 9.17. The van der Waals surface area contributed by atoms with Gasteiger partial charge in [0.2, 0.25) is 5.91 Å². The van der Waals surface area contributed by atoms with E-state index >= 15 is 0 Å². The Bertz CT molecular complexity index is 546. The number of aryl methyl sites for hydroxylation is 1. The fraction of sp³-hybridized carbons (Fsp3) is 0.188. The number of halogens is 1. The molecular formula is C16H16BrNO. The minimum absolute atomic E-state index is 0.00967. The van der Waals surface area contributed by atoms with Gasteiger partial charge < -0.3 is 5.32 Å². The SMILES string of the molecule is Cc1ccc(CC(=O)Nc2ccc(CBr)cc2)cc1. The van der Waals surface area contributed by atoms with Crippen molar-refractivity contribution in [3.63, 3.8) is 0 Å². The average molecular weight is 318 g/mol. The second kappa shape index (κ2) is 6.53. The highest BCUT2D eigenvalue weighted by Crippen LogP contribution is 2.12. The Kier molecular flexibility index (Phi) is 4.74. The van der Waals surface area contributed by atoms with Crippen molar-refractivity contribution in [2.45, 2.75) is 18.7 Å². The molecule has 2 aromatic carbocycles. The van der Waals surface area contributed by atoms with Gasteiger partial charge in [-0.1, -0.05) is 57.9 Å². The maximum atomic E-state index is 11.9. The molecule has 2 rings (SSSR count). The molecule has 0 spiro atoms. The molecule has 0 bridgehead atoms. The molecule has 1 amide bonds. The number of anilines is 1. The van der Waals surface area contributed by atoms with Gasteiger partial charge in [-0.2, -0.15) is 0 Å². The smallest absolute Gasteiger partial charge is 0.228 e. The average Bonchev–Trinajstić information content (AvgIpc) is 2.42. The zero-order chi connectivity index (χ0) is 13.7. The number of nitrogens with one attached hydrogen (secondary N) is 1. The zero-order valence-corrected chi connectivity index (χ0v) is 12.4. The van der Waals surface area contributed by atoms with E-state index in [9.17, 15) is 4.79 Å². The summed E-state index contributed by atoms with van der Waals surface area (Å²) in [6.07, 6.45) is 0.403. The maximum absolute atomic E-state index is 11.9. The molecule has 0 unspecified atom stereocenters. The fourth-order valence-corrected chi connectivity index (χ4v) is 2.15. The van der Waals surface area contributed by atoms with Crippen molar-refractivity contribution in [3.05, 3.63) is 65.2 Å². The van der Waals surface area contributed by atoms with Crippen molar-refractivity contribution in [1.82, 2.24) is 0 Å². The molecule has 1 N–H and O–H groups in total. The molecule has 0 aliphatic carbocycles. The van der Waals surface area contributed by atoms with Crippen molar-refractivity contribution in [3.8, 4) is 0 Å². The maximum Gasteiger partial charge on any atom is 0.228 e. The third-order valence-corrected chi connectivity index (χ3v) is 3.52. The molecule has 0 fully saturated rings. The van der Waals surface area contributed by atoms with E-state index in [0.717, 1.165) is 16.6 Å². The summed E-state index contributed by atoms with van der Waals surface area (Å²) in [6, 6.07) is 15.9. The molecule has 0 heterocycles. The number of amides is 1. The Morgan fingerprint density at radius 1 is 1.00 bits per heavy atom. The van der Waals surface area contributed by atoms with E-state index < -0.39 is 0 Å². The standard InChI is InChI=1S/C16H16BrNO/c1-12-2-4-13(5-3-12)10-16(19)18-15-8-6-14(11-17)7-9-15/h2-9H,10-11H2,1H3,(H,18,19). The highest BCUT2D eigenvalue weighted by atomic mass is 79.9. The van der Waals surface area contributed by atoms with Gasteiger partial charge in [-0.05, 0) is 30.2 Å². The van der Waals surface area contributed by atoms with Gasteiger partial charge >= 0.3 is 0 Å². The lowest BCUT2D eigenvalue weighted by atomic mass is 10.1. The first-order valence-electron chi connectivity index (χ1n) is 6.17. The van der Waals surface area contributed by atoms with Crippen molar-refractivity contribution in [1.29, 1.82) is 0 Å². The molecule has 3 heteroatoms. The number of carbonyl (C=O) groups excluding carboxylic acids is 1. The first-order valence-corrected chi connectivity index (χ1v) is 7.30. The fourth-order valence-electron chi connectivity index (χ4n) is 1.77. The molecule has 0 saturated carbocycles. The van der Waals surface area contributed by atoms with Crippen LogP contribution in [0.25, 0.3) is 0 Å². The lowest BCUT2D eigenvalue weighted by Crippen LogP contribution is -2.14. The molecule has 0 aliphatic heterocycles. The molecule has 0 saturated heterocycles. The summed E-state index contributed by atoms with van der Waals surface area (Å²) < 4.78 is 0. The van der Waals surface area contributed by atoms with E-state index in [1.807, 2.05) is 55.5 Å². The summed E-state index contributed by atoms with van der Waals surface area (Å²) in [6.45, 7) is 2.04. The normalized spacial score (nSPS) is 10.2. The zero-order valence-electron chi connectivity index (χ0n) is 10.8. The van der Waals surface area contributed by atoms with Crippen LogP contribution in [0.2, 0.25) is 0 Å². The quantitative estimate of drug-likeness (QED) is 0.846. The lowest BCUT2D eigenvalue weighted by Gasteiger charge is -2.06. The van der Waals surface area contributed by atoms with Gasteiger partial charge in [-0.3, -0.25) is 4.79 Å². The predicted molar refractivity (Wildman–Crippen MR) is 82.6 cm³/mol. The topological polar surface area (TPSA) is 29.1 Å². The number of alkyl halides is 1. The minimum Gasteiger partial charge on any atom is -0.326 e. The van der Waals surface area contributed by atoms with Gasteiger partial charge in [0.05, 0.1) is 6.42 Å². The van der Waals surface area contributed by atoms with Crippen molar-refractivity contribution < 1.29 is 4.79 Å². The van der Waals surface area contributed by atoms with Crippen LogP contribution < -0.4 is 5.32 Å². The number of benzene rings is 2. The Morgan fingerprint density at radius 3 is 2.16 bits per heavy atom. The van der Waals surface area contributed by atoms with Crippen molar-refractivity contribution in [2.75, 3.05) is 5.32 Å². The summed E-state index contributed by atoms with van der Waals surface area (Å²) in [5.41, 5.74) is 4.26. The summed E-state index contributed by atoms with van der Waals surface area (Å²) >= 11 is 3.40. The number of carbonyl (C=O) groups is 1. The van der Waals surface area contributed by atoms with E-state index in [0.29, 0.717) is 6.42 Å². The van der Waals surface area contributed by atoms with Gasteiger partial charge in [0, 0.05) is 11.0 Å². The van der Waals surface area contributed by atoms with E-state index in [4.69, 9.17) is 0 Å². The van der Waals surface area contributed by atoms with E-state index in [1.165, 1.54) is 11.1 Å². The molecular weight excluding hydrogens is 302 g/mol. The first kappa shape index (κ1) is 13.8. The summed E-state index contributed by atoms with van der Waals surface area (Å²) in [7, 11) is 0. The third-order valence-electron chi connectivity index (χ3n) is 2.88. The van der Waals surface area contributed by atoms with Crippen LogP contribution in [0.3, 0.4) is 0 Å². The number of hydrogen-bond acceptors (Lipinski definition) is 1. The minimum atomic E-state index is 0.00967. The summed E-state index contributed by atoms with van der Waals surface area (Å²) in [5, 5.41) is 3.73. The van der Waals surface area contributed by atoms with Crippen LogP contribution in [-0.2, 0) is 16.5 Å². The highest BCUT2D eigenvalue weighted by Gasteiger charge is 2.04. The van der Waals surface area contributed by atoms with Crippen molar-refractivity contribution in [2.24, 2.45) is 0 Å².